The van der Waals surface area contributed by atoms with Crippen molar-refractivity contribution in [3.63, 3.8) is 0 Å². The molecule has 6 heteroatoms. The Morgan fingerprint density at radius 3 is 2.30 bits per heavy atom. The van der Waals surface area contributed by atoms with Crippen molar-refractivity contribution in [1.29, 1.82) is 0 Å². The molecule has 0 radical (unpaired) electrons. The lowest BCUT2D eigenvalue weighted by Crippen LogP contribution is -2.09. The van der Waals surface area contributed by atoms with Crippen molar-refractivity contribution in [1.82, 2.24) is 0 Å². The normalized spacial score (nSPS) is 11.6. The largest absolute Gasteiger partial charge is 0.465 e. The Morgan fingerprint density at radius 1 is 1.25 bits per heavy atom. The maximum Gasteiger partial charge on any atom is 0.338 e. The number of ether oxygens (including phenoxy) is 1. The lowest BCUT2D eigenvalue weighted by molar-refractivity contribution is -0.112. The second kappa shape index (κ2) is 6.00. The molecule has 0 heterocycles. The fraction of sp³-hybridized carbons (Fsp3) is 0.286. The average molecular weight is 296 g/mol. The predicted octanol–water partition coefficient (Wildman–Crippen LogP) is 1.79. The standard InChI is InChI=1S/C14H16O5S/c1-9(15)5-6-11-10(2)12(14(16)19-3)7-8-13(11)20(4,17)18/h5-8H,1-4H3. The van der Waals surface area contributed by atoms with Gasteiger partial charge in [0.05, 0.1) is 17.6 Å². The number of hydrogen-bond acceptors (Lipinski definition) is 5. The second-order valence-electron chi connectivity index (χ2n) is 4.36. The van der Waals surface area contributed by atoms with Gasteiger partial charge in [0.2, 0.25) is 0 Å². The number of carbonyl (C=O) groups excluding carboxylic acids is 2. The molecule has 0 aliphatic carbocycles. The van der Waals surface area contributed by atoms with Gasteiger partial charge in [-0.2, -0.15) is 0 Å². The first kappa shape index (κ1) is 16.1. The zero-order valence-corrected chi connectivity index (χ0v) is 12.6. The molecule has 0 aliphatic rings. The molecule has 0 atom stereocenters. The third-order valence-corrected chi connectivity index (χ3v) is 3.92. The molecule has 1 rings (SSSR count). The van der Waals surface area contributed by atoms with E-state index in [1.165, 1.54) is 38.3 Å². The minimum absolute atomic E-state index is 0.0696. The van der Waals surface area contributed by atoms with Gasteiger partial charge in [-0.15, -0.1) is 0 Å². The van der Waals surface area contributed by atoms with E-state index in [0.717, 1.165) is 6.26 Å². The lowest BCUT2D eigenvalue weighted by atomic mass is 10.0. The number of allylic oxidation sites excluding steroid dienone is 1. The zero-order valence-electron chi connectivity index (χ0n) is 11.8. The summed E-state index contributed by atoms with van der Waals surface area (Å²) < 4.78 is 28.2. The minimum Gasteiger partial charge on any atom is -0.465 e. The van der Waals surface area contributed by atoms with E-state index in [1.807, 2.05) is 0 Å². The Hall–Kier alpha value is -1.95. The maximum absolute atomic E-state index is 11.8. The van der Waals surface area contributed by atoms with E-state index in [1.54, 1.807) is 6.92 Å². The van der Waals surface area contributed by atoms with Gasteiger partial charge in [-0.3, -0.25) is 4.79 Å². The molecule has 0 saturated carbocycles. The Balaban J connectivity index is 3.62. The van der Waals surface area contributed by atoms with Gasteiger partial charge >= 0.3 is 5.97 Å². The van der Waals surface area contributed by atoms with Gasteiger partial charge in [-0.25, -0.2) is 13.2 Å². The van der Waals surface area contributed by atoms with Crippen molar-refractivity contribution < 1.29 is 22.7 Å². The number of ketones is 1. The van der Waals surface area contributed by atoms with Crippen LogP contribution in [0.1, 0.15) is 28.4 Å². The fourth-order valence-electron chi connectivity index (χ4n) is 1.77. The van der Waals surface area contributed by atoms with Crippen LogP contribution in [0.3, 0.4) is 0 Å². The summed E-state index contributed by atoms with van der Waals surface area (Å²) in [5, 5.41) is 0. The van der Waals surface area contributed by atoms with Crippen LogP contribution in [0.4, 0.5) is 0 Å². The summed E-state index contributed by atoms with van der Waals surface area (Å²) in [6.45, 7) is 2.97. The fourth-order valence-corrected chi connectivity index (χ4v) is 2.70. The van der Waals surface area contributed by atoms with Crippen molar-refractivity contribution in [3.8, 4) is 0 Å². The summed E-state index contributed by atoms with van der Waals surface area (Å²) in [6.07, 6.45) is 3.74. The number of methoxy groups -OCH3 is 1. The van der Waals surface area contributed by atoms with Crippen LogP contribution in [0.5, 0.6) is 0 Å². The molecule has 0 aromatic heterocycles. The molecule has 0 unspecified atom stereocenters. The van der Waals surface area contributed by atoms with Crippen molar-refractivity contribution in [2.75, 3.05) is 13.4 Å². The molecule has 5 nitrogen and oxygen atoms in total. The number of hydrogen-bond donors (Lipinski definition) is 0. The summed E-state index contributed by atoms with van der Waals surface area (Å²) >= 11 is 0. The Morgan fingerprint density at radius 2 is 1.85 bits per heavy atom. The SMILES string of the molecule is COC(=O)c1ccc(S(C)(=O)=O)c(C=CC(C)=O)c1C. The molecular formula is C14H16O5S. The number of benzene rings is 1. The highest BCUT2D eigenvalue weighted by molar-refractivity contribution is 7.90. The van der Waals surface area contributed by atoms with Crippen molar-refractivity contribution in [2.24, 2.45) is 0 Å². The van der Waals surface area contributed by atoms with E-state index in [-0.39, 0.29) is 16.2 Å². The second-order valence-corrected chi connectivity index (χ2v) is 6.34. The summed E-state index contributed by atoms with van der Waals surface area (Å²) in [6, 6.07) is 2.75. The highest BCUT2D eigenvalue weighted by atomic mass is 32.2. The maximum atomic E-state index is 11.8. The topological polar surface area (TPSA) is 77.5 Å². The highest BCUT2D eigenvalue weighted by Gasteiger charge is 2.19. The third kappa shape index (κ3) is 3.54. The zero-order chi connectivity index (χ0) is 15.5. The Bertz CT molecular complexity index is 684. The lowest BCUT2D eigenvalue weighted by Gasteiger charge is -2.11. The third-order valence-electron chi connectivity index (χ3n) is 2.76. The number of sulfone groups is 1. The predicted molar refractivity (Wildman–Crippen MR) is 75.3 cm³/mol. The van der Waals surface area contributed by atoms with Crippen LogP contribution in [-0.4, -0.2) is 33.5 Å². The minimum atomic E-state index is -3.47. The van der Waals surface area contributed by atoms with Crippen LogP contribution in [0, 0.1) is 6.92 Å². The van der Waals surface area contributed by atoms with E-state index >= 15 is 0 Å². The quantitative estimate of drug-likeness (QED) is 0.625. The monoisotopic (exact) mass is 296 g/mol. The van der Waals surface area contributed by atoms with Crippen molar-refractivity contribution >= 4 is 27.7 Å². The number of rotatable bonds is 4. The Labute approximate surface area is 118 Å². The van der Waals surface area contributed by atoms with Crippen LogP contribution >= 0.6 is 0 Å². The molecule has 0 fully saturated rings. The van der Waals surface area contributed by atoms with Gasteiger partial charge in [0.25, 0.3) is 0 Å². The number of carbonyl (C=O) groups is 2. The van der Waals surface area contributed by atoms with Gasteiger partial charge in [0.1, 0.15) is 0 Å². The van der Waals surface area contributed by atoms with Gasteiger partial charge in [-0.05, 0) is 49.3 Å². The molecule has 0 N–H and O–H groups in total. The first-order chi connectivity index (χ1) is 9.18. The van der Waals surface area contributed by atoms with Crippen molar-refractivity contribution in [2.45, 2.75) is 18.7 Å². The summed E-state index contributed by atoms with van der Waals surface area (Å²) in [5.41, 5.74) is 1.05. The molecule has 0 bridgehead atoms. The number of esters is 1. The van der Waals surface area contributed by atoms with Crippen LogP contribution in [0.25, 0.3) is 6.08 Å². The first-order valence-corrected chi connectivity index (χ1v) is 7.68. The Kier molecular flexibility index (Phi) is 4.83. The van der Waals surface area contributed by atoms with E-state index in [0.29, 0.717) is 11.1 Å². The van der Waals surface area contributed by atoms with Crippen LogP contribution in [0.15, 0.2) is 23.1 Å². The smallest absolute Gasteiger partial charge is 0.338 e. The molecule has 1 aromatic rings. The molecular weight excluding hydrogens is 280 g/mol. The molecule has 20 heavy (non-hydrogen) atoms. The van der Waals surface area contributed by atoms with E-state index < -0.39 is 15.8 Å². The van der Waals surface area contributed by atoms with Gasteiger partial charge in [0.15, 0.2) is 15.6 Å². The molecule has 0 amide bonds. The van der Waals surface area contributed by atoms with E-state index in [2.05, 4.69) is 4.74 Å². The summed E-state index contributed by atoms with van der Waals surface area (Å²) in [5.74, 6) is -0.771. The summed E-state index contributed by atoms with van der Waals surface area (Å²) in [4.78, 5) is 22.7. The first-order valence-electron chi connectivity index (χ1n) is 5.79. The van der Waals surface area contributed by atoms with E-state index in [9.17, 15) is 18.0 Å². The van der Waals surface area contributed by atoms with Gasteiger partial charge in [0, 0.05) is 6.26 Å². The van der Waals surface area contributed by atoms with E-state index in [4.69, 9.17) is 0 Å². The molecule has 1 aromatic carbocycles. The van der Waals surface area contributed by atoms with Crippen LogP contribution < -0.4 is 0 Å². The van der Waals surface area contributed by atoms with Gasteiger partial charge < -0.3 is 4.74 Å². The van der Waals surface area contributed by atoms with Crippen LogP contribution in [0.2, 0.25) is 0 Å². The average Bonchev–Trinajstić information content (AvgIpc) is 2.34. The highest BCUT2D eigenvalue weighted by Crippen LogP contribution is 2.25. The molecule has 0 spiro atoms. The van der Waals surface area contributed by atoms with Crippen molar-refractivity contribution in [3.05, 3.63) is 34.9 Å². The summed E-state index contributed by atoms with van der Waals surface area (Å²) in [7, 11) is -2.22. The molecule has 108 valence electrons. The van der Waals surface area contributed by atoms with Crippen LogP contribution in [-0.2, 0) is 19.4 Å². The molecule has 0 saturated heterocycles. The van der Waals surface area contributed by atoms with Gasteiger partial charge in [-0.1, -0.05) is 0 Å². The molecule has 0 aliphatic heterocycles.